The van der Waals surface area contributed by atoms with Gasteiger partial charge in [0, 0.05) is 16.6 Å². The highest BCUT2D eigenvalue weighted by Gasteiger charge is 2.35. The fourth-order valence-electron chi connectivity index (χ4n) is 3.33. The molecular formula is C14H18BrN. The van der Waals surface area contributed by atoms with Gasteiger partial charge < -0.3 is 0 Å². The summed E-state index contributed by atoms with van der Waals surface area (Å²) in [5, 5.41) is 0. The van der Waals surface area contributed by atoms with E-state index in [1.807, 2.05) is 0 Å². The molecular weight excluding hydrogens is 262 g/mol. The first-order valence-corrected chi connectivity index (χ1v) is 7.15. The molecule has 0 N–H and O–H groups in total. The second-order valence-electron chi connectivity index (χ2n) is 5.04. The zero-order valence-corrected chi connectivity index (χ0v) is 11.1. The van der Waals surface area contributed by atoms with Gasteiger partial charge in [-0.3, -0.25) is 4.90 Å². The fourth-order valence-corrected chi connectivity index (χ4v) is 3.75. The van der Waals surface area contributed by atoms with Crippen molar-refractivity contribution in [2.45, 2.75) is 44.2 Å². The third kappa shape index (κ3) is 1.93. The predicted octanol–water partition coefficient (Wildman–Crippen LogP) is 4.14. The third-order valence-corrected chi connectivity index (χ3v) is 4.57. The van der Waals surface area contributed by atoms with Crippen LogP contribution in [-0.4, -0.2) is 17.5 Å². The van der Waals surface area contributed by atoms with Crippen LogP contribution in [0.5, 0.6) is 0 Å². The van der Waals surface area contributed by atoms with E-state index in [0.29, 0.717) is 6.04 Å². The molecule has 0 unspecified atom stereocenters. The van der Waals surface area contributed by atoms with E-state index in [0.717, 1.165) is 6.04 Å². The normalized spacial score (nSPS) is 30.3. The minimum absolute atomic E-state index is 0.683. The number of benzene rings is 1. The highest BCUT2D eigenvalue weighted by Crippen LogP contribution is 2.40. The van der Waals surface area contributed by atoms with Gasteiger partial charge >= 0.3 is 0 Å². The van der Waals surface area contributed by atoms with Crippen LogP contribution in [-0.2, 0) is 0 Å². The van der Waals surface area contributed by atoms with Gasteiger partial charge in [-0.15, -0.1) is 0 Å². The lowest BCUT2D eigenvalue weighted by atomic mass is 10.0. The molecule has 3 rings (SSSR count). The van der Waals surface area contributed by atoms with Gasteiger partial charge in [-0.2, -0.15) is 0 Å². The molecule has 0 spiro atoms. The molecule has 1 nitrogen and oxygen atoms in total. The molecule has 0 saturated carbocycles. The van der Waals surface area contributed by atoms with E-state index < -0.39 is 0 Å². The van der Waals surface area contributed by atoms with Gasteiger partial charge in [0.15, 0.2) is 0 Å². The van der Waals surface area contributed by atoms with Crippen LogP contribution in [0.1, 0.15) is 43.7 Å². The van der Waals surface area contributed by atoms with Crippen LogP contribution < -0.4 is 0 Å². The number of hydrogen-bond donors (Lipinski definition) is 0. The maximum atomic E-state index is 3.58. The molecule has 2 heterocycles. The molecule has 1 aromatic rings. The predicted molar refractivity (Wildman–Crippen MR) is 70.5 cm³/mol. The SMILES string of the molecule is Brc1cccc([C@@H]2CC[C@@H]3CCCCN32)c1. The van der Waals surface area contributed by atoms with E-state index in [9.17, 15) is 0 Å². The lowest BCUT2D eigenvalue weighted by Crippen LogP contribution is -2.35. The van der Waals surface area contributed by atoms with Crippen LogP contribution in [0.25, 0.3) is 0 Å². The Balaban J connectivity index is 1.85. The van der Waals surface area contributed by atoms with Crippen molar-refractivity contribution >= 4 is 15.9 Å². The largest absolute Gasteiger partial charge is 0.293 e. The molecule has 2 aliphatic rings. The highest BCUT2D eigenvalue weighted by atomic mass is 79.9. The first-order valence-electron chi connectivity index (χ1n) is 6.36. The van der Waals surface area contributed by atoms with Crippen molar-refractivity contribution in [2.75, 3.05) is 6.54 Å². The second-order valence-corrected chi connectivity index (χ2v) is 5.95. The number of piperidine rings is 1. The Morgan fingerprint density at radius 1 is 1.12 bits per heavy atom. The first kappa shape index (κ1) is 10.8. The van der Waals surface area contributed by atoms with Crippen LogP contribution in [0.3, 0.4) is 0 Å². The van der Waals surface area contributed by atoms with Gasteiger partial charge in [-0.25, -0.2) is 0 Å². The van der Waals surface area contributed by atoms with Gasteiger partial charge in [0.05, 0.1) is 0 Å². The fraction of sp³-hybridized carbons (Fsp3) is 0.571. The topological polar surface area (TPSA) is 3.24 Å². The highest BCUT2D eigenvalue weighted by molar-refractivity contribution is 9.10. The van der Waals surface area contributed by atoms with Gasteiger partial charge in [0.25, 0.3) is 0 Å². The van der Waals surface area contributed by atoms with Crippen LogP contribution in [0.15, 0.2) is 28.7 Å². The average Bonchev–Trinajstić information content (AvgIpc) is 2.72. The zero-order valence-electron chi connectivity index (χ0n) is 9.53. The van der Waals surface area contributed by atoms with Crippen molar-refractivity contribution in [1.82, 2.24) is 4.90 Å². The molecule has 0 radical (unpaired) electrons. The maximum Gasteiger partial charge on any atom is 0.0352 e. The van der Waals surface area contributed by atoms with Gasteiger partial charge in [-0.1, -0.05) is 34.5 Å². The smallest absolute Gasteiger partial charge is 0.0352 e. The van der Waals surface area contributed by atoms with Crippen LogP contribution in [0, 0.1) is 0 Å². The average molecular weight is 280 g/mol. The summed E-state index contributed by atoms with van der Waals surface area (Å²) in [6.07, 6.45) is 7.00. The van der Waals surface area contributed by atoms with Crippen molar-refractivity contribution in [3.63, 3.8) is 0 Å². The minimum atomic E-state index is 0.683. The lowest BCUT2D eigenvalue weighted by Gasteiger charge is -2.34. The molecule has 0 amide bonds. The Morgan fingerprint density at radius 3 is 2.94 bits per heavy atom. The molecule has 2 atom stereocenters. The second kappa shape index (κ2) is 4.50. The minimum Gasteiger partial charge on any atom is -0.293 e. The summed E-state index contributed by atoms with van der Waals surface area (Å²) in [4.78, 5) is 2.74. The van der Waals surface area contributed by atoms with Crippen molar-refractivity contribution < 1.29 is 0 Å². The monoisotopic (exact) mass is 279 g/mol. The van der Waals surface area contributed by atoms with E-state index in [-0.39, 0.29) is 0 Å². The summed E-state index contributed by atoms with van der Waals surface area (Å²) in [7, 11) is 0. The standard InChI is InChI=1S/C14H18BrN/c15-12-5-3-4-11(10-12)14-8-7-13-6-1-2-9-16(13)14/h3-5,10,13-14H,1-2,6-9H2/t13-,14-/m0/s1. The van der Waals surface area contributed by atoms with E-state index in [1.165, 1.54) is 48.7 Å². The van der Waals surface area contributed by atoms with Crippen LogP contribution in [0.4, 0.5) is 0 Å². The molecule has 2 saturated heterocycles. The molecule has 0 aliphatic carbocycles. The molecule has 2 aliphatic heterocycles. The summed E-state index contributed by atoms with van der Waals surface area (Å²) < 4.78 is 1.21. The van der Waals surface area contributed by atoms with E-state index in [4.69, 9.17) is 0 Å². The Labute approximate surface area is 106 Å². The lowest BCUT2D eigenvalue weighted by molar-refractivity contribution is 0.150. The number of nitrogens with zero attached hydrogens (tertiary/aromatic N) is 1. The van der Waals surface area contributed by atoms with Crippen molar-refractivity contribution in [3.05, 3.63) is 34.3 Å². The first-order chi connectivity index (χ1) is 7.84. The molecule has 86 valence electrons. The maximum absolute atomic E-state index is 3.58. The van der Waals surface area contributed by atoms with Crippen LogP contribution >= 0.6 is 15.9 Å². The molecule has 2 fully saturated rings. The molecule has 16 heavy (non-hydrogen) atoms. The number of fused-ring (bicyclic) bond motifs is 1. The Morgan fingerprint density at radius 2 is 2.06 bits per heavy atom. The summed E-state index contributed by atoms with van der Waals surface area (Å²) in [6, 6.07) is 10.4. The molecule has 0 aromatic heterocycles. The quantitative estimate of drug-likeness (QED) is 0.747. The number of rotatable bonds is 1. The Bertz CT molecular complexity index is 377. The van der Waals surface area contributed by atoms with E-state index >= 15 is 0 Å². The molecule has 1 aromatic carbocycles. The number of halogens is 1. The van der Waals surface area contributed by atoms with Crippen molar-refractivity contribution in [2.24, 2.45) is 0 Å². The van der Waals surface area contributed by atoms with E-state index in [1.54, 1.807) is 0 Å². The summed E-state index contributed by atoms with van der Waals surface area (Å²) in [5.41, 5.74) is 1.50. The number of hydrogen-bond acceptors (Lipinski definition) is 1. The summed E-state index contributed by atoms with van der Waals surface area (Å²) in [6.45, 7) is 1.31. The zero-order chi connectivity index (χ0) is 11.0. The van der Waals surface area contributed by atoms with Gasteiger partial charge in [-0.05, 0) is 49.9 Å². The van der Waals surface area contributed by atoms with Crippen LogP contribution in [0.2, 0.25) is 0 Å². The Hall–Kier alpha value is -0.340. The van der Waals surface area contributed by atoms with Gasteiger partial charge in [0.2, 0.25) is 0 Å². The summed E-state index contributed by atoms with van der Waals surface area (Å²) >= 11 is 3.58. The van der Waals surface area contributed by atoms with Crippen molar-refractivity contribution in [1.29, 1.82) is 0 Å². The van der Waals surface area contributed by atoms with Crippen molar-refractivity contribution in [3.8, 4) is 0 Å². The molecule has 2 heteroatoms. The Kier molecular flexibility index (Phi) is 3.03. The van der Waals surface area contributed by atoms with E-state index in [2.05, 4.69) is 45.1 Å². The third-order valence-electron chi connectivity index (χ3n) is 4.08. The summed E-state index contributed by atoms with van der Waals surface area (Å²) in [5.74, 6) is 0. The molecule has 0 bridgehead atoms. The van der Waals surface area contributed by atoms with Gasteiger partial charge in [0.1, 0.15) is 0 Å².